The van der Waals surface area contributed by atoms with Crippen LogP contribution in [0, 0.1) is 0 Å². The molecule has 23 heavy (non-hydrogen) atoms. The average molecular weight is 313 g/mol. The second kappa shape index (κ2) is 5.92. The van der Waals surface area contributed by atoms with Crippen molar-refractivity contribution in [1.82, 2.24) is 24.2 Å². The first-order valence-corrected chi connectivity index (χ1v) is 8.48. The largest absolute Gasteiger partial charge is 0.340 e. The summed E-state index contributed by atoms with van der Waals surface area (Å²) in [6.07, 6.45) is 8.61. The third-order valence-electron chi connectivity index (χ3n) is 4.89. The number of aromatic nitrogens is 4. The van der Waals surface area contributed by atoms with Crippen LogP contribution in [0.3, 0.4) is 0 Å². The van der Waals surface area contributed by atoms with Crippen LogP contribution in [0.25, 0.3) is 0 Å². The summed E-state index contributed by atoms with van der Waals surface area (Å²) < 4.78 is 3.65. The molecule has 2 aromatic rings. The Kier molecular flexibility index (Phi) is 3.77. The molecule has 1 atom stereocenters. The molecule has 2 aliphatic rings. The second-order valence-corrected chi connectivity index (χ2v) is 6.85. The highest BCUT2D eigenvalue weighted by molar-refractivity contribution is 5.12. The molecule has 0 bridgehead atoms. The number of likely N-dealkylation sites (tertiary alicyclic amines) is 1. The summed E-state index contributed by atoms with van der Waals surface area (Å²) >= 11 is 0. The zero-order valence-corrected chi connectivity index (χ0v) is 13.6. The third kappa shape index (κ3) is 3.22. The molecule has 0 aromatic carbocycles. The summed E-state index contributed by atoms with van der Waals surface area (Å²) in [5.74, 6) is 0.579. The van der Waals surface area contributed by atoms with Gasteiger partial charge in [-0.1, -0.05) is 0 Å². The van der Waals surface area contributed by atoms with E-state index in [9.17, 15) is 4.79 Å². The predicted octanol–water partition coefficient (Wildman–Crippen LogP) is 1.52. The summed E-state index contributed by atoms with van der Waals surface area (Å²) in [7, 11) is 1.99. The van der Waals surface area contributed by atoms with Gasteiger partial charge in [-0.2, -0.15) is 5.10 Å². The Bertz CT molecular complexity index is 745. The van der Waals surface area contributed by atoms with Gasteiger partial charge in [0.05, 0.1) is 24.3 Å². The molecule has 1 saturated carbocycles. The molecule has 2 fully saturated rings. The van der Waals surface area contributed by atoms with E-state index >= 15 is 0 Å². The molecule has 2 aromatic heterocycles. The quantitative estimate of drug-likeness (QED) is 0.840. The van der Waals surface area contributed by atoms with Crippen molar-refractivity contribution in [2.75, 3.05) is 6.54 Å². The van der Waals surface area contributed by atoms with Crippen LogP contribution in [-0.4, -0.2) is 36.8 Å². The van der Waals surface area contributed by atoms with Crippen LogP contribution in [-0.2, 0) is 20.1 Å². The van der Waals surface area contributed by atoms with E-state index in [0.29, 0.717) is 18.5 Å². The van der Waals surface area contributed by atoms with Gasteiger partial charge in [-0.25, -0.2) is 9.67 Å². The molecule has 6 heteroatoms. The zero-order valence-electron chi connectivity index (χ0n) is 13.6. The van der Waals surface area contributed by atoms with Crippen molar-refractivity contribution < 1.29 is 0 Å². The van der Waals surface area contributed by atoms with Crippen molar-refractivity contribution in [3.8, 4) is 0 Å². The highest BCUT2D eigenvalue weighted by atomic mass is 16.1. The van der Waals surface area contributed by atoms with Gasteiger partial charge in [0.15, 0.2) is 0 Å². The van der Waals surface area contributed by atoms with Crippen LogP contribution < -0.4 is 5.56 Å². The van der Waals surface area contributed by atoms with Crippen LogP contribution in [0.2, 0.25) is 0 Å². The lowest BCUT2D eigenvalue weighted by Crippen LogP contribution is -2.37. The number of aryl methyl sites for hydroxylation is 1. The fourth-order valence-corrected chi connectivity index (χ4v) is 3.46. The van der Waals surface area contributed by atoms with Gasteiger partial charge in [-0.3, -0.25) is 9.69 Å². The molecule has 1 unspecified atom stereocenters. The first-order valence-electron chi connectivity index (χ1n) is 8.48. The van der Waals surface area contributed by atoms with E-state index in [1.807, 2.05) is 24.0 Å². The van der Waals surface area contributed by atoms with Gasteiger partial charge >= 0.3 is 0 Å². The topological polar surface area (TPSA) is 56.0 Å². The normalized spacial score (nSPS) is 21.9. The van der Waals surface area contributed by atoms with Crippen LogP contribution >= 0.6 is 0 Å². The van der Waals surface area contributed by atoms with Crippen molar-refractivity contribution in [1.29, 1.82) is 0 Å². The van der Waals surface area contributed by atoms with E-state index in [2.05, 4.69) is 21.2 Å². The van der Waals surface area contributed by atoms with E-state index < -0.39 is 0 Å². The van der Waals surface area contributed by atoms with E-state index in [-0.39, 0.29) is 5.56 Å². The maximum atomic E-state index is 12.1. The fraction of sp³-hybridized carbons (Fsp3) is 0.588. The highest BCUT2D eigenvalue weighted by Crippen LogP contribution is 2.38. The highest BCUT2D eigenvalue weighted by Gasteiger charge is 2.28. The van der Waals surface area contributed by atoms with E-state index in [1.165, 1.54) is 19.3 Å². The minimum absolute atomic E-state index is 0.0130. The van der Waals surface area contributed by atoms with Gasteiger partial charge in [0.2, 0.25) is 0 Å². The zero-order chi connectivity index (χ0) is 15.8. The van der Waals surface area contributed by atoms with Crippen molar-refractivity contribution in [2.45, 2.75) is 50.7 Å². The van der Waals surface area contributed by atoms with Crippen molar-refractivity contribution in [3.05, 3.63) is 46.4 Å². The summed E-state index contributed by atoms with van der Waals surface area (Å²) in [6.45, 7) is 2.60. The maximum absolute atomic E-state index is 12.1. The second-order valence-electron chi connectivity index (χ2n) is 6.85. The van der Waals surface area contributed by atoms with Gasteiger partial charge < -0.3 is 4.57 Å². The van der Waals surface area contributed by atoms with Crippen LogP contribution in [0.1, 0.15) is 43.0 Å². The Morgan fingerprint density at radius 1 is 1.26 bits per heavy atom. The molecule has 0 radical (unpaired) electrons. The van der Waals surface area contributed by atoms with Crippen LogP contribution in [0.15, 0.2) is 29.5 Å². The standard InChI is InChI=1S/C17H23N5O/c1-20-9-14(18-12-20)10-21-8-2-3-15(21)11-22-17(23)7-6-16(19-22)13-4-5-13/h6-7,9,12-13,15H,2-5,8,10-11H2,1H3. The Morgan fingerprint density at radius 3 is 2.87 bits per heavy atom. The van der Waals surface area contributed by atoms with Gasteiger partial charge in [-0.05, 0) is 38.3 Å². The molecule has 6 nitrogen and oxygen atoms in total. The summed E-state index contributed by atoms with van der Waals surface area (Å²) in [5, 5.41) is 4.60. The SMILES string of the molecule is Cn1cnc(CN2CCCC2Cn2nc(C3CC3)ccc2=O)c1. The molecule has 0 amide bonds. The number of imidazole rings is 1. The first kappa shape index (κ1) is 14.6. The summed E-state index contributed by atoms with van der Waals surface area (Å²) in [4.78, 5) is 19.0. The first-order chi connectivity index (χ1) is 11.2. The molecular weight excluding hydrogens is 290 g/mol. The number of nitrogens with zero attached hydrogens (tertiary/aromatic N) is 5. The third-order valence-corrected chi connectivity index (χ3v) is 4.89. The Labute approximate surface area is 135 Å². The number of rotatable bonds is 5. The molecule has 0 N–H and O–H groups in total. The van der Waals surface area contributed by atoms with Crippen molar-refractivity contribution in [3.63, 3.8) is 0 Å². The van der Waals surface area contributed by atoms with Crippen molar-refractivity contribution in [2.24, 2.45) is 7.05 Å². The van der Waals surface area contributed by atoms with E-state index in [1.54, 1.807) is 10.7 Å². The lowest BCUT2D eigenvalue weighted by Gasteiger charge is -2.23. The predicted molar refractivity (Wildman–Crippen MR) is 87.1 cm³/mol. The molecule has 122 valence electrons. The number of hydrogen-bond acceptors (Lipinski definition) is 4. The molecule has 1 aliphatic carbocycles. The minimum Gasteiger partial charge on any atom is -0.340 e. The Balaban J connectivity index is 1.48. The average Bonchev–Trinajstić information content (AvgIpc) is 3.18. The molecule has 1 saturated heterocycles. The summed E-state index contributed by atoms with van der Waals surface area (Å²) in [5.41, 5.74) is 2.18. The smallest absolute Gasteiger partial charge is 0.266 e. The Morgan fingerprint density at radius 2 is 2.13 bits per heavy atom. The lowest BCUT2D eigenvalue weighted by molar-refractivity contribution is 0.214. The Hall–Kier alpha value is -1.95. The van der Waals surface area contributed by atoms with Gasteiger partial charge in [0, 0.05) is 37.8 Å². The van der Waals surface area contributed by atoms with Crippen LogP contribution in [0.4, 0.5) is 0 Å². The fourth-order valence-electron chi connectivity index (χ4n) is 3.46. The van der Waals surface area contributed by atoms with Crippen molar-refractivity contribution >= 4 is 0 Å². The summed E-state index contributed by atoms with van der Waals surface area (Å²) in [6, 6.07) is 3.95. The lowest BCUT2D eigenvalue weighted by atomic mass is 10.2. The molecule has 3 heterocycles. The maximum Gasteiger partial charge on any atom is 0.266 e. The molecular formula is C17H23N5O. The number of hydrogen-bond donors (Lipinski definition) is 0. The van der Waals surface area contributed by atoms with Crippen LogP contribution in [0.5, 0.6) is 0 Å². The van der Waals surface area contributed by atoms with Gasteiger partial charge in [0.1, 0.15) is 0 Å². The molecule has 4 rings (SSSR count). The molecule has 0 spiro atoms. The van der Waals surface area contributed by atoms with Gasteiger partial charge in [-0.15, -0.1) is 0 Å². The molecule has 1 aliphatic heterocycles. The van der Waals surface area contributed by atoms with E-state index in [4.69, 9.17) is 0 Å². The minimum atomic E-state index is 0.0130. The monoisotopic (exact) mass is 313 g/mol. The van der Waals surface area contributed by atoms with Gasteiger partial charge in [0.25, 0.3) is 5.56 Å². The van der Waals surface area contributed by atoms with E-state index in [0.717, 1.165) is 30.9 Å².